The fourth-order valence-corrected chi connectivity index (χ4v) is 3.78. The molecule has 2 aromatic rings. The number of hydrogen-bond acceptors (Lipinski definition) is 6. The Morgan fingerprint density at radius 2 is 2.13 bits per heavy atom. The summed E-state index contributed by atoms with van der Waals surface area (Å²) in [6, 6.07) is 6.32. The lowest BCUT2D eigenvalue weighted by Crippen LogP contribution is -2.43. The molecule has 30 heavy (non-hydrogen) atoms. The molecular formula is C19H14F3N5O2S. The molecule has 1 aliphatic heterocycles. The molecule has 2 heterocycles. The summed E-state index contributed by atoms with van der Waals surface area (Å²) in [6.07, 6.45) is -0.485. The number of carbonyl (C=O) groups excluding carboxylic acids is 2. The zero-order chi connectivity index (χ0) is 21.9. The van der Waals surface area contributed by atoms with E-state index in [1.165, 1.54) is 17.5 Å². The SMILES string of the molecule is N#Cc1ccc(Cc2nc(C(=O)NCC(=O)N3CC(F)(F)C[C@H]3C#N)cs2)cc1F. The smallest absolute Gasteiger partial charge is 0.271 e. The molecule has 1 aliphatic rings. The topological polar surface area (TPSA) is 110 Å². The quantitative estimate of drug-likeness (QED) is 0.778. The van der Waals surface area contributed by atoms with Gasteiger partial charge in [0.25, 0.3) is 11.8 Å². The van der Waals surface area contributed by atoms with Crippen LogP contribution in [0.25, 0.3) is 0 Å². The summed E-state index contributed by atoms with van der Waals surface area (Å²) >= 11 is 1.15. The molecule has 1 aromatic heterocycles. The van der Waals surface area contributed by atoms with Crippen LogP contribution in [-0.2, 0) is 11.2 Å². The molecule has 0 unspecified atom stereocenters. The first kappa shape index (κ1) is 21.3. The molecule has 1 fully saturated rings. The van der Waals surface area contributed by atoms with Crippen molar-refractivity contribution in [3.63, 3.8) is 0 Å². The highest BCUT2D eigenvalue weighted by molar-refractivity contribution is 7.09. The van der Waals surface area contributed by atoms with Gasteiger partial charge in [-0.05, 0) is 17.7 Å². The van der Waals surface area contributed by atoms with Gasteiger partial charge in [-0.3, -0.25) is 9.59 Å². The van der Waals surface area contributed by atoms with Crippen molar-refractivity contribution in [2.75, 3.05) is 13.1 Å². The predicted molar refractivity (Wildman–Crippen MR) is 99.0 cm³/mol. The first-order chi connectivity index (χ1) is 14.2. The van der Waals surface area contributed by atoms with E-state index in [0.29, 0.717) is 10.6 Å². The van der Waals surface area contributed by atoms with E-state index in [0.717, 1.165) is 16.2 Å². The first-order valence-electron chi connectivity index (χ1n) is 8.70. The lowest BCUT2D eigenvalue weighted by atomic mass is 10.1. The zero-order valence-electron chi connectivity index (χ0n) is 15.4. The summed E-state index contributed by atoms with van der Waals surface area (Å²) in [7, 11) is 0. The van der Waals surface area contributed by atoms with Crippen molar-refractivity contribution in [3.05, 3.63) is 51.2 Å². The van der Waals surface area contributed by atoms with Gasteiger partial charge in [-0.25, -0.2) is 18.2 Å². The number of hydrogen-bond donors (Lipinski definition) is 1. The molecule has 1 saturated heterocycles. The number of halogens is 3. The van der Waals surface area contributed by atoms with Crippen LogP contribution in [0.15, 0.2) is 23.6 Å². The van der Waals surface area contributed by atoms with Crippen LogP contribution in [0.2, 0.25) is 0 Å². The van der Waals surface area contributed by atoms with Crippen molar-refractivity contribution < 1.29 is 22.8 Å². The highest BCUT2D eigenvalue weighted by atomic mass is 32.1. The first-order valence-corrected chi connectivity index (χ1v) is 9.58. The van der Waals surface area contributed by atoms with Crippen LogP contribution in [0.4, 0.5) is 13.2 Å². The van der Waals surface area contributed by atoms with Crippen LogP contribution >= 0.6 is 11.3 Å². The fraction of sp³-hybridized carbons (Fsp3) is 0.316. The van der Waals surface area contributed by atoms with Gasteiger partial charge in [0.15, 0.2) is 0 Å². The number of nitrogens with zero attached hydrogens (tertiary/aromatic N) is 4. The molecule has 0 spiro atoms. The number of nitrogens with one attached hydrogen (secondary N) is 1. The Kier molecular flexibility index (Phi) is 6.04. The third-order valence-electron chi connectivity index (χ3n) is 4.43. The highest BCUT2D eigenvalue weighted by Crippen LogP contribution is 2.31. The van der Waals surface area contributed by atoms with Gasteiger partial charge in [0.1, 0.15) is 23.6 Å². The van der Waals surface area contributed by atoms with Crippen LogP contribution in [0.5, 0.6) is 0 Å². The maximum absolute atomic E-state index is 13.7. The average Bonchev–Trinajstić information content (AvgIpc) is 3.29. The summed E-state index contributed by atoms with van der Waals surface area (Å²) < 4.78 is 40.5. The molecule has 7 nitrogen and oxygen atoms in total. The predicted octanol–water partition coefficient (Wildman–Crippen LogP) is 2.23. The van der Waals surface area contributed by atoms with Crippen LogP contribution in [-0.4, -0.2) is 46.8 Å². The van der Waals surface area contributed by atoms with E-state index in [1.807, 2.05) is 0 Å². The van der Waals surface area contributed by atoms with Gasteiger partial charge in [-0.2, -0.15) is 10.5 Å². The van der Waals surface area contributed by atoms with Crippen molar-refractivity contribution in [2.24, 2.45) is 0 Å². The van der Waals surface area contributed by atoms with Crippen LogP contribution in [0, 0.1) is 28.5 Å². The van der Waals surface area contributed by atoms with Gasteiger partial charge in [-0.15, -0.1) is 11.3 Å². The van der Waals surface area contributed by atoms with Crippen molar-refractivity contribution >= 4 is 23.2 Å². The highest BCUT2D eigenvalue weighted by Gasteiger charge is 2.47. The van der Waals surface area contributed by atoms with Gasteiger partial charge in [0.2, 0.25) is 5.91 Å². The Morgan fingerprint density at radius 1 is 1.37 bits per heavy atom. The summed E-state index contributed by atoms with van der Waals surface area (Å²) in [4.78, 5) is 29.2. The summed E-state index contributed by atoms with van der Waals surface area (Å²) in [5.41, 5.74) is 0.526. The minimum absolute atomic E-state index is 0.0282. The molecule has 2 amide bonds. The monoisotopic (exact) mass is 433 g/mol. The van der Waals surface area contributed by atoms with E-state index < -0.39 is 49.1 Å². The summed E-state index contributed by atoms with van der Waals surface area (Å²) in [5, 5.41) is 22.0. The van der Waals surface area contributed by atoms with Crippen molar-refractivity contribution in [3.8, 4) is 12.1 Å². The second kappa shape index (κ2) is 8.51. The zero-order valence-corrected chi connectivity index (χ0v) is 16.2. The molecule has 0 bridgehead atoms. The molecule has 1 N–H and O–H groups in total. The molecule has 1 aromatic carbocycles. The van der Waals surface area contributed by atoms with E-state index in [-0.39, 0.29) is 17.7 Å². The number of aromatic nitrogens is 1. The van der Waals surface area contributed by atoms with Crippen molar-refractivity contribution in [1.82, 2.24) is 15.2 Å². The lowest BCUT2D eigenvalue weighted by Gasteiger charge is -2.19. The normalized spacial score (nSPS) is 17.2. The second-order valence-corrected chi connectivity index (χ2v) is 7.58. The van der Waals surface area contributed by atoms with Gasteiger partial charge in [-0.1, -0.05) is 6.07 Å². The van der Waals surface area contributed by atoms with E-state index >= 15 is 0 Å². The average molecular weight is 433 g/mol. The van der Waals surface area contributed by atoms with E-state index in [4.69, 9.17) is 10.5 Å². The molecule has 154 valence electrons. The van der Waals surface area contributed by atoms with Crippen molar-refractivity contribution in [2.45, 2.75) is 24.8 Å². The van der Waals surface area contributed by atoms with E-state index in [2.05, 4.69) is 10.3 Å². The largest absolute Gasteiger partial charge is 0.342 e. The van der Waals surface area contributed by atoms with Gasteiger partial charge >= 0.3 is 0 Å². The number of rotatable bonds is 5. The molecule has 1 atom stereocenters. The maximum Gasteiger partial charge on any atom is 0.271 e. The number of nitriles is 2. The third-order valence-corrected chi connectivity index (χ3v) is 5.28. The number of amides is 2. The summed E-state index contributed by atoms with van der Waals surface area (Å²) in [5.74, 6) is -5.23. The molecule has 11 heteroatoms. The van der Waals surface area contributed by atoms with Crippen LogP contribution < -0.4 is 5.32 Å². The fourth-order valence-electron chi connectivity index (χ4n) is 2.97. The second-order valence-electron chi connectivity index (χ2n) is 6.64. The van der Waals surface area contributed by atoms with Crippen LogP contribution in [0.1, 0.15) is 33.0 Å². The van der Waals surface area contributed by atoms with Gasteiger partial charge in [0.05, 0.1) is 29.7 Å². The van der Waals surface area contributed by atoms with E-state index in [9.17, 15) is 22.8 Å². The van der Waals surface area contributed by atoms with Crippen molar-refractivity contribution in [1.29, 1.82) is 10.5 Å². The standard InChI is InChI=1S/C19H14F3N5O2S/c20-14-3-11(1-2-12(14)6-23)4-16-26-15(9-30-16)18(29)25-8-17(28)27-10-19(21,22)5-13(27)7-24/h1-3,9,13H,4-5,8,10H2,(H,25,29)/t13-/m0/s1. The summed E-state index contributed by atoms with van der Waals surface area (Å²) in [6.45, 7) is -1.40. The number of carbonyl (C=O) groups is 2. The molecule has 0 saturated carbocycles. The maximum atomic E-state index is 13.7. The van der Waals surface area contributed by atoms with Crippen LogP contribution in [0.3, 0.4) is 0 Å². The number of likely N-dealkylation sites (tertiary alicyclic amines) is 1. The van der Waals surface area contributed by atoms with Gasteiger partial charge in [0, 0.05) is 18.2 Å². The Bertz CT molecular complexity index is 1070. The van der Waals surface area contributed by atoms with E-state index in [1.54, 1.807) is 18.2 Å². The molecule has 0 radical (unpaired) electrons. The Balaban J connectivity index is 1.58. The third kappa shape index (κ3) is 4.75. The molecular weight excluding hydrogens is 419 g/mol. The minimum Gasteiger partial charge on any atom is -0.342 e. The number of benzene rings is 1. The molecule has 0 aliphatic carbocycles. The Labute approximate surface area is 173 Å². The Morgan fingerprint density at radius 3 is 2.80 bits per heavy atom. The number of alkyl halides is 2. The number of thiazole rings is 1. The molecule has 3 rings (SSSR count). The Hall–Kier alpha value is -3.44. The minimum atomic E-state index is -3.13. The van der Waals surface area contributed by atoms with Gasteiger partial charge < -0.3 is 10.2 Å². The lowest BCUT2D eigenvalue weighted by molar-refractivity contribution is -0.131.